The lowest BCUT2D eigenvalue weighted by Gasteiger charge is -2.65. The van der Waals surface area contributed by atoms with Gasteiger partial charge in [0.05, 0.1) is 12.7 Å². The van der Waals surface area contributed by atoms with E-state index in [9.17, 15) is 19.8 Å². The molecule has 0 aromatic heterocycles. The summed E-state index contributed by atoms with van der Waals surface area (Å²) in [4.78, 5) is 25.7. The van der Waals surface area contributed by atoms with Crippen molar-refractivity contribution in [2.45, 2.75) is 92.6 Å². The van der Waals surface area contributed by atoms with E-state index in [1.165, 1.54) is 0 Å². The van der Waals surface area contributed by atoms with Gasteiger partial charge in [-0.2, -0.15) is 0 Å². The van der Waals surface area contributed by atoms with Crippen molar-refractivity contribution < 1.29 is 19.8 Å². The molecule has 0 unspecified atom stereocenters. The van der Waals surface area contributed by atoms with Gasteiger partial charge in [-0.25, -0.2) is 0 Å². The molecule has 0 bridgehead atoms. The summed E-state index contributed by atoms with van der Waals surface area (Å²) in [6.45, 7) is 12.8. The van der Waals surface area contributed by atoms with Crippen LogP contribution < -0.4 is 0 Å². The third-order valence-electron chi connectivity index (χ3n) is 11.1. The number of aliphatic hydroxyl groups excluding tert-OH is 2. The molecule has 174 valence electrons. The molecule has 3 saturated carbocycles. The molecule has 31 heavy (non-hydrogen) atoms. The maximum Gasteiger partial charge on any atom is 0.159 e. The van der Waals surface area contributed by atoms with Crippen LogP contribution in [0, 0.1) is 45.3 Å². The molecule has 0 aliphatic heterocycles. The van der Waals surface area contributed by atoms with Gasteiger partial charge in [-0.1, -0.05) is 40.2 Å². The minimum Gasteiger partial charge on any atom is -0.395 e. The molecule has 0 aromatic rings. The first-order valence-corrected chi connectivity index (χ1v) is 12.4. The van der Waals surface area contributed by atoms with Crippen molar-refractivity contribution >= 4 is 11.6 Å². The summed E-state index contributed by atoms with van der Waals surface area (Å²) < 4.78 is 0. The highest BCUT2D eigenvalue weighted by atomic mass is 16.3. The van der Waals surface area contributed by atoms with Gasteiger partial charge in [0.15, 0.2) is 5.78 Å². The summed E-state index contributed by atoms with van der Waals surface area (Å²) in [5.41, 5.74) is 0.110. The highest BCUT2D eigenvalue weighted by Crippen LogP contribution is 2.74. The molecule has 0 radical (unpaired) electrons. The molecular weight excluding hydrogens is 388 g/mol. The zero-order valence-corrected chi connectivity index (χ0v) is 20.3. The van der Waals surface area contributed by atoms with E-state index in [1.54, 1.807) is 6.92 Å². The number of carbonyl (C=O) groups excluding carboxylic acids is 2. The lowest BCUT2D eigenvalue weighted by molar-refractivity contribution is -0.166. The highest BCUT2D eigenvalue weighted by Gasteiger charge is 2.69. The third-order valence-corrected chi connectivity index (χ3v) is 11.1. The van der Waals surface area contributed by atoms with Crippen LogP contribution in [0.15, 0.2) is 11.6 Å². The minimum atomic E-state index is -0.720. The zero-order valence-electron chi connectivity index (χ0n) is 20.3. The Balaban J connectivity index is 1.77. The van der Waals surface area contributed by atoms with E-state index in [1.807, 2.05) is 13.0 Å². The normalized spacial score (nSPS) is 50.2. The monoisotopic (exact) mass is 430 g/mol. The van der Waals surface area contributed by atoms with E-state index < -0.39 is 11.5 Å². The molecule has 0 spiro atoms. The molecule has 2 N–H and O–H groups in total. The molecular formula is C27H42O4. The molecule has 0 heterocycles. The average molecular weight is 431 g/mol. The number of ketones is 2. The van der Waals surface area contributed by atoms with Gasteiger partial charge < -0.3 is 15.0 Å². The highest BCUT2D eigenvalue weighted by molar-refractivity contribution is 5.95. The van der Waals surface area contributed by atoms with Crippen LogP contribution in [-0.4, -0.2) is 34.5 Å². The van der Waals surface area contributed by atoms with Crippen molar-refractivity contribution in [1.82, 2.24) is 0 Å². The van der Waals surface area contributed by atoms with Crippen molar-refractivity contribution in [2.24, 2.45) is 45.3 Å². The van der Waals surface area contributed by atoms with Crippen LogP contribution in [0.25, 0.3) is 0 Å². The van der Waals surface area contributed by atoms with Crippen LogP contribution in [0.2, 0.25) is 0 Å². The molecule has 4 rings (SSSR count). The molecule has 4 nitrogen and oxygen atoms in total. The van der Waals surface area contributed by atoms with Crippen LogP contribution >= 0.6 is 0 Å². The largest absolute Gasteiger partial charge is 0.395 e. The first-order valence-electron chi connectivity index (χ1n) is 12.4. The number of hydrogen-bond acceptors (Lipinski definition) is 4. The fourth-order valence-electron chi connectivity index (χ4n) is 9.12. The molecule has 3 fully saturated rings. The van der Waals surface area contributed by atoms with Gasteiger partial charge in [0.2, 0.25) is 0 Å². The third kappa shape index (κ3) is 2.93. The molecule has 0 aromatic carbocycles. The van der Waals surface area contributed by atoms with Gasteiger partial charge in [-0.3, -0.25) is 4.79 Å². The summed E-state index contributed by atoms with van der Waals surface area (Å²) in [6, 6.07) is 0. The van der Waals surface area contributed by atoms with E-state index in [2.05, 4.69) is 27.7 Å². The van der Waals surface area contributed by atoms with Crippen LogP contribution in [0.5, 0.6) is 0 Å². The van der Waals surface area contributed by atoms with Gasteiger partial charge in [0, 0.05) is 17.8 Å². The minimum absolute atomic E-state index is 0.0276. The molecule has 4 aliphatic carbocycles. The van der Waals surface area contributed by atoms with E-state index >= 15 is 0 Å². The maximum atomic E-state index is 13.8. The Kier molecular flexibility index (Phi) is 5.42. The number of allylic oxidation sites excluding steroid dienone is 1. The van der Waals surface area contributed by atoms with E-state index in [0.29, 0.717) is 24.7 Å². The number of aliphatic hydroxyl groups is 2. The van der Waals surface area contributed by atoms with Gasteiger partial charge in [0.1, 0.15) is 5.78 Å². The fourth-order valence-corrected chi connectivity index (χ4v) is 9.12. The molecule has 4 heteroatoms. The zero-order chi connectivity index (χ0) is 23.0. The van der Waals surface area contributed by atoms with E-state index in [0.717, 1.165) is 37.7 Å². The average Bonchev–Trinajstić information content (AvgIpc) is 2.95. The Morgan fingerprint density at radius 1 is 1.10 bits per heavy atom. The Bertz CT molecular complexity index is 816. The van der Waals surface area contributed by atoms with Gasteiger partial charge in [-0.05, 0) is 85.5 Å². The Labute approximate surface area is 187 Å². The lowest BCUT2D eigenvalue weighted by atomic mass is 9.38. The number of fused-ring (bicyclic) bond motifs is 5. The van der Waals surface area contributed by atoms with Gasteiger partial charge in [0.25, 0.3) is 0 Å². The number of hydrogen-bond donors (Lipinski definition) is 2. The predicted octanol–water partition coefficient (Wildman–Crippen LogP) is 4.72. The Morgan fingerprint density at radius 3 is 2.39 bits per heavy atom. The smallest absolute Gasteiger partial charge is 0.159 e. The standard InChI is InChI=1S/C27H42O4/c1-16(13-17(2)29)18-9-10-27(6)23-21(30)14-20-19(7-8-22(31)25(20,4)15-28)24(23,3)11-12-26(18,27)5/h14,16,18-19,22-23,28,31H,7-13,15H2,1-6H3/t16-,18-,19-,22+,23-,24+,25-,26-,27+/m1/s1. The fraction of sp³-hybridized carbons (Fsp3) is 0.852. The molecule has 0 amide bonds. The molecule has 4 aliphatic rings. The number of carbonyl (C=O) groups is 2. The van der Waals surface area contributed by atoms with Crippen LogP contribution in [0.4, 0.5) is 0 Å². The summed E-state index contributed by atoms with van der Waals surface area (Å²) in [7, 11) is 0. The van der Waals surface area contributed by atoms with Crippen molar-refractivity contribution in [3.8, 4) is 0 Å². The van der Waals surface area contributed by atoms with E-state index in [-0.39, 0.29) is 46.3 Å². The van der Waals surface area contributed by atoms with Gasteiger partial charge >= 0.3 is 0 Å². The summed E-state index contributed by atoms with van der Waals surface area (Å²) in [5, 5.41) is 20.9. The summed E-state index contributed by atoms with van der Waals surface area (Å²) in [5.74, 6) is 1.50. The van der Waals surface area contributed by atoms with Crippen LogP contribution in [0.3, 0.4) is 0 Å². The number of Topliss-reactive ketones (excluding diaryl/α,β-unsaturated/α-hetero) is 1. The topological polar surface area (TPSA) is 74.6 Å². The number of rotatable bonds is 4. The maximum absolute atomic E-state index is 13.8. The lowest BCUT2D eigenvalue weighted by Crippen LogP contribution is -2.62. The van der Waals surface area contributed by atoms with Crippen LogP contribution in [-0.2, 0) is 9.59 Å². The predicted molar refractivity (Wildman–Crippen MR) is 121 cm³/mol. The van der Waals surface area contributed by atoms with Crippen molar-refractivity contribution in [2.75, 3.05) is 6.61 Å². The Hall–Kier alpha value is -1.00. The quantitative estimate of drug-likeness (QED) is 0.677. The van der Waals surface area contributed by atoms with Crippen molar-refractivity contribution in [3.05, 3.63) is 11.6 Å². The van der Waals surface area contributed by atoms with Crippen LogP contribution in [0.1, 0.15) is 86.5 Å². The summed E-state index contributed by atoms with van der Waals surface area (Å²) in [6.07, 6.45) is 7.65. The SMILES string of the molecule is CC(=O)C[C@@H](C)[C@H]1CC[C@@]2(C)[C@@H]3C(=O)C=C4[C@@H](CC[C@H](O)[C@]4(C)CO)[C@]3(C)CC[C@]12C. The van der Waals surface area contributed by atoms with E-state index in [4.69, 9.17) is 0 Å². The summed E-state index contributed by atoms with van der Waals surface area (Å²) >= 11 is 0. The first kappa shape index (κ1) is 23.2. The second-order valence-electron chi connectivity index (χ2n) is 12.5. The second-order valence-corrected chi connectivity index (χ2v) is 12.5. The first-order chi connectivity index (χ1) is 14.3. The molecule has 9 atom stereocenters. The van der Waals surface area contributed by atoms with Gasteiger partial charge in [-0.15, -0.1) is 0 Å². The second kappa shape index (κ2) is 7.25. The van der Waals surface area contributed by atoms with Crippen molar-refractivity contribution in [3.63, 3.8) is 0 Å². The van der Waals surface area contributed by atoms with Crippen molar-refractivity contribution in [1.29, 1.82) is 0 Å². The Morgan fingerprint density at radius 2 is 1.77 bits per heavy atom. The molecule has 0 saturated heterocycles.